The SMILES string of the molecule is C/C=C(\C=NC)C(NC)NC(=O)CN(C(=O)COc1ccc(CCC)cc1)C(C)C.CC. The molecule has 0 fully saturated rings. The zero-order chi connectivity index (χ0) is 24.5. The van der Waals surface area contributed by atoms with Gasteiger partial charge in [0.25, 0.3) is 5.91 Å². The molecule has 0 aliphatic rings. The molecular formula is C25H42N4O3. The van der Waals surface area contributed by atoms with Gasteiger partial charge in [-0.05, 0) is 51.9 Å². The third-order valence-electron chi connectivity index (χ3n) is 4.62. The van der Waals surface area contributed by atoms with Gasteiger partial charge in [-0.2, -0.15) is 0 Å². The van der Waals surface area contributed by atoms with Gasteiger partial charge in [0.1, 0.15) is 11.9 Å². The first-order valence-electron chi connectivity index (χ1n) is 11.4. The highest BCUT2D eigenvalue weighted by Crippen LogP contribution is 2.14. The molecule has 0 heterocycles. The van der Waals surface area contributed by atoms with Crippen LogP contribution in [0.1, 0.15) is 53.5 Å². The predicted octanol–water partition coefficient (Wildman–Crippen LogP) is 3.59. The summed E-state index contributed by atoms with van der Waals surface area (Å²) in [6, 6.07) is 7.62. The second kappa shape index (κ2) is 17.0. The monoisotopic (exact) mass is 446 g/mol. The fourth-order valence-corrected chi connectivity index (χ4v) is 2.98. The maximum atomic E-state index is 12.7. The van der Waals surface area contributed by atoms with Crippen molar-refractivity contribution in [3.05, 3.63) is 41.5 Å². The number of amides is 2. The van der Waals surface area contributed by atoms with Gasteiger partial charge in [-0.1, -0.05) is 45.4 Å². The number of ether oxygens (including phenoxy) is 1. The first-order chi connectivity index (χ1) is 15.4. The van der Waals surface area contributed by atoms with E-state index in [1.54, 1.807) is 20.3 Å². The molecule has 0 saturated carbocycles. The van der Waals surface area contributed by atoms with Gasteiger partial charge in [-0.3, -0.25) is 19.9 Å². The molecule has 0 aliphatic carbocycles. The van der Waals surface area contributed by atoms with Crippen LogP contribution in [0, 0.1) is 0 Å². The molecule has 2 amide bonds. The summed E-state index contributed by atoms with van der Waals surface area (Å²) in [5.41, 5.74) is 2.08. The molecule has 7 heteroatoms. The van der Waals surface area contributed by atoms with E-state index in [0.717, 1.165) is 18.4 Å². The summed E-state index contributed by atoms with van der Waals surface area (Å²) in [6.45, 7) is 11.6. The minimum atomic E-state index is -0.381. The average molecular weight is 447 g/mol. The topological polar surface area (TPSA) is 83.0 Å². The number of carbonyl (C=O) groups is 2. The van der Waals surface area contributed by atoms with E-state index in [-0.39, 0.29) is 37.2 Å². The van der Waals surface area contributed by atoms with Gasteiger partial charge in [-0.25, -0.2) is 0 Å². The van der Waals surface area contributed by atoms with Gasteiger partial charge in [0.15, 0.2) is 6.61 Å². The number of allylic oxidation sites excluding steroid dienone is 1. The van der Waals surface area contributed by atoms with Crippen molar-refractivity contribution in [3.8, 4) is 5.75 Å². The van der Waals surface area contributed by atoms with Crippen LogP contribution in [0.5, 0.6) is 5.75 Å². The summed E-state index contributed by atoms with van der Waals surface area (Å²) in [5, 5.41) is 5.93. The molecule has 0 bridgehead atoms. The molecule has 0 aromatic heterocycles. The van der Waals surface area contributed by atoms with Crippen LogP contribution >= 0.6 is 0 Å². The lowest BCUT2D eigenvalue weighted by Crippen LogP contribution is -2.51. The molecule has 1 atom stereocenters. The zero-order valence-electron chi connectivity index (χ0n) is 21.1. The molecule has 0 saturated heterocycles. The highest BCUT2D eigenvalue weighted by atomic mass is 16.5. The molecule has 2 N–H and O–H groups in total. The molecule has 0 aliphatic heterocycles. The molecule has 180 valence electrons. The number of hydrogen-bond acceptors (Lipinski definition) is 5. The number of aliphatic imine (C=N–C) groups is 1. The van der Waals surface area contributed by atoms with Crippen LogP contribution in [0.25, 0.3) is 0 Å². The number of carbonyl (C=O) groups excluding carboxylic acids is 2. The van der Waals surface area contributed by atoms with Crippen LogP contribution in [0.2, 0.25) is 0 Å². The lowest BCUT2D eigenvalue weighted by molar-refractivity contribution is -0.139. The van der Waals surface area contributed by atoms with Crippen molar-refractivity contribution in [2.75, 3.05) is 27.2 Å². The molecule has 7 nitrogen and oxygen atoms in total. The van der Waals surface area contributed by atoms with Gasteiger partial charge in [0, 0.05) is 24.9 Å². The Balaban J connectivity index is 0.00000466. The summed E-state index contributed by atoms with van der Waals surface area (Å²) >= 11 is 0. The van der Waals surface area contributed by atoms with E-state index >= 15 is 0 Å². The van der Waals surface area contributed by atoms with E-state index in [0.29, 0.717) is 5.75 Å². The van der Waals surface area contributed by atoms with Crippen LogP contribution in [-0.4, -0.2) is 62.4 Å². The summed E-state index contributed by atoms with van der Waals surface area (Å²) in [7, 11) is 3.43. The zero-order valence-corrected chi connectivity index (χ0v) is 21.1. The fourth-order valence-electron chi connectivity index (χ4n) is 2.98. The van der Waals surface area contributed by atoms with Crippen molar-refractivity contribution >= 4 is 18.0 Å². The normalized spacial score (nSPS) is 12.2. The number of rotatable bonds is 12. The van der Waals surface area contributed by atoms with Gasteiger partial charge in [0.05, 0.1) is 6.54 Å². The summed E-state index contributed by atoms with van der Waals surface area (Å²) in [4.78, 5) is 30.8. The van der Waals surface area contributed by atoms with Crippen molar-refractivity contribution in [2.24, 2.45) is 4.99 Å². The quantitative estimate of drug-likeness (QED) is 0.380. The Morgan fingerprint density at radius 2 is 1.81 bits per heavy atom. The number of nitrogens with one attached hydrogen (secondary N) is 2. The second-order valence-electron chi connectivity index (χ2n) is 7.26. The van der Waals surface area contributed by atoms with Gasteiger partial charge in [-0.15, -0.1) is 0 Å². The Morgan fingerprint density at radius 3 is 2.28 bits per heavy atom. The standard InChI is InChI=1S/C23H36N4O3.C2H6/c1-7-9-18-10-12-20(13-11-18)30-16-22(29)27(17(3)4)15-21(28)26-23(25-6)19(8-2)14-24-5;1-2/h8,10-14,17,23,25H,7,9,15-16H2,1-6H3,(H,26,28);1-2H3/b19-8+,24-14?;. The highest BCUT2D eigenvalue weighted by Gasteiger charge is 2.22. The molecule has 1 rings (SSSR count). The Morgan fingerprint density at radius 1 is 1.19 bits per heavy atom. The van der Waals surface area contributed by atoms with Crippen molar-refractivity contribution in [1.29, 1.82) is 0 Å². The minimum Gasteiger partial charge on any atom is -0.484 e. The Kier molecular flexibility index (Phi) is 15.5. The third kappa shape index (κ3) is 10.6. The third-order valence-corrected chi connectivity index (χ3v) is 4.62. The molecule has 0 spiro atoms. The van der Waals surface area contributed by atoms with Gasteiger partial charge >= 0.3 is 0 Å². The summed E-state index contributed by atoms with van der Waals surface area (Å²) in [5.74, 6) is 0.146. The Hall–Kier alpha value is -2.67. The van der Waals surface area contributed by atoms with Crippen LogP contribution in [-0.2, 0) is 16.0 Å². The van der Waals surface area contributed by atoms with Crippen molar-refractivity contribution in [2.45, 2.75) is 66.6 Å². The Bertz CT molecular complexity index is 727. The molecule has 0 radical (unpaired) electrons. The van der Waals surface area contributed by atoms with Crippen LogP contribution < -0.4 is 15.4 Å². The number of nitrogens with zero attached hydrogens (tertiary/aromatic N) is 2. The lowest BCUT2D eigenvalue weighted by atomic mass is 10.1. The van der Waals surface area contributed by atoms with E-state index < -0.39 is 0 Å². The van der Waals surface area contributed by atoms with Gasteiger partial charge in [0.2, 0.25) is 5.91 Å². The lowest BCUT2D eigenvalue weighted by Gasteiger charge is -2.27. The molecule has 32 heavy (non-hydrogen) atoms. The van der Waals surface area contributed by atoms with E-state index in [1.807, 2.05) is 65.0 Å². The maximum Gasteiger partial charge on any atom is 0.261 e. The highest BCUT2D eigenvalue weighted by molar-refractivity contribution is 5.87. The van der Waals surface area contributed by atoms with Crippen molar-refractivity contribution < 1.29 is 14.3 Å². The Labute approximate surface area is 194 Å². The molecule has 1 unspecified atom stereocenters. The van der Waals surface area contributed by atoms with Crippen molar-refractivity contribution in [1.82, 2.24) is 15.5 Å². The number of aryl methyl sites for hydroxylation is 1. The van der Waals surface area contributed by atoms with Gasteiger partial charge < -0.3 is 15.0 Å². The maximum absolute atomic E-state index is 12.7. The number of hydrogen-bond donors (Lipinski definition) is 2. The first-order valence-corrected chi connectivity index (χ1v) is 11.4. The summed E-state index contributed by atoms with van der Waals surface area (Å²) < 4.78 is 5.64. The van der Waals surface area contributed by atoms with Crippen LogP contribution in [0.3, 0.4) is 0 Å². The molecule has 1 aromatic rings. The van der Waals surface area contributed by atoms with E-state index in [1.165, 1.54) is 10.5 Å². The van der Waals surface area contributed by atoms with Crippen molar-refractivity contribution in [3.63, 3.8) is 0 Å². The van der Waals surface area contributed by atoms with E-state index in [9.17, 15) is 9.59 Å². The fraction of sp³-hybridized carbons (Fsp3) is 0.560. The largest absolute Gasteiger partial charge is 0.484 e. The minimum absolute atomic E-state index is 0.0479. The van der Waals surface area contributed by atoms with E-state index in [2.05, 4.69) is 22.5 Å². The van der Waals surface area contributed by atoms with Crippen LogP contribution in [0.4, 0.5) is 0 Å². The molecular weight excluding hydrogens is 404 g/mol. The molecule has 1 aromatic carbocycles. The smallest absolute Gasteiger partial charge is 0.261 e. The number of likely N-dealkylation sites (N-methyl/N-ethyl adjacent to an activating group) is 1. The van der Waals surface area contributed by atoms with E-state index in [4.69, 9.17) is 4.74 Å². The predicted molar refractivity (Wildman–Crippen MR) is 133 cm³/mol. The number of benzene rings is 1. The average Bonchev–Trinajstić information content (AvgIpc) is 2.80. The second-order valence-corrected chi connectivity index (χ2v) is 7.26. The van der Waals surface area contributed by atoms with Crippen LogP contribution in [0.15, 0.2) is 40.9 Å². The summed E-state index contributed by atoms with van der Waals surface area (Å²) in [6.07, 6.45) is 5.28. The first kappa shape index (κ1) is 29.3.